The first kappa shape index (κ1) is 14.4. The first-order chi connectivity index (χ1) is 6.88. The number of carbonyl (C=O) groups excluding carboxylic acids is 1. The van der Waals surface area contributed by atoms with Crippen LogP contribution in [-0.2, 0) is 4.79 Å². The van der Waals surface area contributed by atoms with Gasteiger partial charge in [-0.2, -0.15) is 0 Å². The minimum atomic E-state index is -0.750. The fourth-order valence-electron chi connectivity index (χ4n) is 1.00. The van der Waals surface area contributed by atoms with Gasteiger partial charge in [-0.15, -0.1) is 0 Å². The van der Waals surface area contributed by atoms with Crippen molar-refractivity contribution in [2.24, 2.45) is 0 Å². The number of hydrogen-bond donors (Lipinski definition) is 3. The molecule has 4 nitrogen and oxygen atoms in total. The van der Waals surface area contributed by atoms with Crippen LogP contribution in [0.25, 0.3) is 0 Å². The number of rotatable bonds is 7. The van der Waals surface area contributed by atoms with Crippen molar-refractivity contribution in [2.45, 2.75) is 52.2 Å². The van der Waals surface area contributed by atoms with Gasteiger partial charge in [0.05, 0.1) is 5.60 Å². The summed E-state index contributed by atoms with van der Waals surface area (Å²) in [4.78, 5) is 11.2. The maximum absolute atomic E-state index is 11.2. The van der Waals surface area contributed by atoms with Crippen molar-refractivity contribution < 1.29 is 9.90 Å². The van der Waals surface area contributed by atoms with Crippen molar-refractivity contribution in [3.8, 4) is 0 Å². The molecule has 1 atom stereocenters. The van der Waals surface area contributed by atoms with E-state index in [0.29, 0.717) is 13.0 Å². The normalized spacial score (nSPS) is 13.7. The fourth-order valence-corrected chi connectivity index (χ4v) is 1.00. The van der Waals surface area contributed by atoms with Crippen LogP contribution in [-0.4, -0.2) is 35.7 Å². The Morgan fingerprint density at radius 2 is 2.00 bits per heavy atom. The molecule has 90 valence electrons. The number of amides is 1. The smallest absolute Gasteiger partial charge is 0.221 e. The molecule has 15 heavy (non-hydrogen) atoms. The van der Waals surface area contributed by atoms with Gasteiger partial charge in [-0.1, -0.05) is 6.92 Å². The largest absolute Gasteiger partial charge is 0.389 e. The van der Waals surface area contributed by atoms with Crippen molar-refractivity contribution in [1.29, 1.82) is 0 Å². The molecule has 0 aliphatic heterocycles. The third kappa shape index (κ3) is 7.33. The number of aliphatic hydroxyl groups is 1. The molecule has 0 saturated heterocycles. The van der Waals surface area contributed by atoms with E-state index in [-0.39, 0.29) is 11.9 Å². The van der Waals surface area contributed by atoms with Gasteiger partial charge in [0.1, 0.15) is 0 Å². The second-order valence-electron chi connectivity index (χ2n) is 4.43. The molecule has 1 unspecified atom stereocenters. The maximum Gasteiger partial charge on any atom is 0.221 e. The lowest BCUT2D eigenvalue weighted by molar-refractivity contribution is -0.121. The predicted molar refractivity (Wildman–Crippen MR) is 61.7 cm³/mol. The number of carbonyl (C=O) groups is 1. The maximum atomic E-state index is 11.2. The lowest BCUT2D eigenvalue weighted by atomic mass is 10.0. The molecule has 0 heterocycles. The van der Waals surface area contributed by atoms with Gasteiger partial charge in [0, 0.05) is 25.6 Å². The molecular weight excluding hydrogens is 192 g/mol. The summed E-state index contributed by atoms with van der Waals surface area (Å²) in [6.07, 6.45) is 1.42. The van der Waals surface area contributed by atoms with E-state index in [9.17, 15) is 9.90 Å². The van der Waals surface area contributed by atoms with Crippen LogP contribution in [0.3, 0.4) is 0 Å². The summed E-state index contributed by atoms with van der Waals surface area (Å²) in [5.41, 5.74) is -0.750. The van der Waals surface area contributed by atoms with Crippen LogP contribution >= 0.6 is 0 Å². The Bertz CT molecular complexity index is 188. The Balaban J connectivity index is 3.57. The molecule has 4 heteroatoms. The molecule has 0 aliphatic carbocycles. The van der Waals surface area contributed by atoms with E-state index in [1.165, 1.54) is 0 Å². The van der Waals surface area contributed by atoms with Gasteiger partial charge < -0.3 is 15.7 Å². The van der Waals surface area contributed by atoms with Crippen molar-refractivity contribution in [2.75, 3.05) is 13.1 Å². The third-order valence-corrected chi connectivity index (χ3v) is 2.43. The zero-order valence-electron chi connectivity index (χ0n) is 10.3. The third-order valence-electron chi connectivity index (χ3n) is 2.43. The van der Waals surface area contributed by atoms with Gasteiger partial charge in [0.2, 0.25) is 5.91 Å². The standard InChI is InChI=1S/C11H24N2O2/c1-5-7-13-10(14)6-8-12-9(2)11(3,4)15/h9,12,15H,5-8H2,1-4H3,(H,13,14). The van der Waals surface area contributed by atoms with E-state index < -0.39 is 5.60 Å². The zero-order chi connectivity index (χ0) is 11.9. The summed E-state index contributed by atoms with van der Waals surface area (Å²) in [6.45, 7) is 8.77. The quantitative estimate of drug-likeness (QED) is 0.585. The average Bonchev–Trinajstić information content (AvgIpc) is 2.13. The SMILES string of the molecule is CCCNC(=O)CCNC(C)C(C)(C)O. The summed E-state index contributed by atoms with van der Waals surface area (Å²) in [5, 5.41) is 15.6. The first-order valence-electron chi connectivity index (χ1n) is 5.60. The second kappa shape index (κ2) is 6.80. The molecule has 0 radical (unpaired) electrons. The summed E-state index contributed by atoms with van der Waals surface area (Å²) in [7, 11) is 0. The topological polar surface area (TPSA) is 61.4 Å². The molecule has 0 fully saturated rings. The highest BCUT2D eigenvalue weighted by Gasteiger charge is 2.21. The van der Waals surface area contributed by atoms with E-state index in [0.717, 1.165) is 13.0 Å². The van der Waals surface area contributed by atoms with Crippen LogP contribution in [0.15, 0.2) is 0 Å². The summed E-state index contributed by atoms with van der Waals surface area (Å²) < 4.78 is 0. The Morgan fingerprint density at radius 1 is 1.40 bits per heavy atom. The van der Waals surface area contributed by atoms with Crippen LogP contribution < -0.4 is 10.6 Å². The highest BCUT2D eigenvalue weighted by molar-refractivity contribution is 5.75. The van der Waals surface area contributed by atoms with E-state index >= 15 is 0 Å². The molecule has 0 saturated carbocycles. The number of nitrogens with one attached hydrogen (secondary N) is 2. The second-order valence-corrected chi connectivity index (χ2v) is 4.43. The molecule has 1 amide bonds. The van der Waals surface area contributed by atoms with Gasteiger partial charge in [-0.3, -0.25) is 4.79 Å². The van der Waals surface area contributed by atoms with Crippen LogP contribution in [0.4, 0.5) is 0 Å². The molecule has 0 spiro atoms. The average molecular weight is 216 g/mol. The summed E-state index contributed by atoms with van der Waals surface area (Å²) >= 11 is 0. The van der Waals surface area contributed by atoms with E-state index in [1.807, 2.05) is 13.8 Å². The molecular formula is C11H24N2O2. The highest BCUT2D eigenvalue weighted by Crippen LogP contribution is 2.06. The van der Waals surface area contributed by atoms with Crippen molar-refractivity contribution >= 4 is 5.91 Å². The van der Waals surface area contributed by atoms with Crippen molar-refractivity contribution in [1.82, 2.24) is 10.6 Å². The predicted octanol–water partition coefficient (Wildman–Crippen LogP) is 0.652. The first-order valence-corrected chi connectivity index (χ1v) is 5.60. The van der Waals surface area contributed by atoms with Gasteiger partial charge in [-0.25, -0.2) is 0 Å². The highest BCUT2D eigenvalue weighted by atomic mass is 16.3. The van der Waals surface area contributed by atoms with Crippen molar-refractivity contribution in [3.63, 3.8) is 0 Å². The molecule has 0 aromatic rings. The van der Waals surface area contributed by atoms with Gasteiger partial charge in [0.15, 0.2) is 0 Å². The summed E-state index contributed by atoms with van der Waals surface area (Å²) in [5.74, 6) is 0.0623. The molecule has 0 aliphatic rings. The zero-order valence-corrected chi connectivity index (χ0v) is 10.3. The van der Waals surface area contributed by atoms with Crippen LogP contribution in [0.1, 0.15) is 40.5 Å². The molecule has 3 N–H and O–H groups in total. The number of hydrogen-bond acceptors (Lipinski definition) is 3. The lowest BCUT2D eigenvalue weighted by Crippen LogP contribution is -2.45. The Morgan fingerprint density at radius 3 is 2.47 bits per heavy atom. The van der Waals surface area contributed by atoms with Crippen LogP contribution in [0.2, 0.25) is 0 Å². The Labute approximate surface area is 92.4 Å². The van der Waals surface area contributed by atoms with Crippen molar-refractivity contribution in [3.05, 3.63) is 0 Å². The van der Waals surface area contributed by atoms with Crippen LogP contribution in [0, 0.1) is 0 Å². The van der Waals surface area contributed by atoms with Gasteiger partial charge in [-0.05, 0) is 27.2 Å². The summed E-state index contributed by atoms with van der Waals surface area (Å²) in [6, 6.07) is -0.0172. The molecule has 0 aromatic heterocycles. The molecule has 0 bridgehead atoms. The minimum absolute atomic E-state index is 0.0172. The van der Waals surface area contributed by atoms with E-state index in [1.54, 1.807) is 13.8 Å². The van der Waals surface area contributed by atoms with Gasteiger partial charge in [0.25, 0.3) is 0 Å². The lowest BCUT2D eigenvalue weighted by Gasteiger charge is -2.26. The minimum Gasteiger partial charge on any atom is -0.389 e. The van der Waals surface area contributed by atoms with E-state index in [4.69, 9.17) is 0 Å². The monoisotopic (exact) mass is 216 g/mol. The fraction of sp³-hybridized carbons (Fsp3) is 0.909. The van der Waals surface area contributed by atoms with Crippen LogP contribution in [0.5, 0.6) is 0 Å². The van der Waals surface area contributed by atoms with Gasteiger partial charge >= 0.3 is 0 Å². The van der Waals surface area contributed by atoms with E-state index in [2.05, 4.69) is 10.6 Å². The molecule has 0 aromatic carbocycles. The Kier molecular flexibility index (Phi) is 6.52. The molecule has 0 rings (SSSR count). The Hall–Kier alpha value is -0.610.